The van der Waals surface area contributed by atoms with E-state index in [0.29, 0.717) is 31.9 Å². The molecule has 0 aliphatic rings. The number of halogens is 3. The Balaban J connectivity index is 1.33. The summed E-state index contributed by atoms with van der Waals surface area (Å²) in [5.41, 5.74) is 0.596. The number of hydrogen-bond donors (Lipinski definition) is 2. The number of nitrogens with one attached hydrogen (secondary N) is 2. The van der Waals surface area contributed by atoms with Crippen LogP contribution in [0.3, 0.4) is 0 Å². The monoisotopic (exact) mass is 560 g/mol. The molecular weight excluding hydrogens is 537 g/mol. The van der Waals surface area contributed by atoms with Crippen molar-refractivity contribution in [2.24, 2.45) is 0 Å². The van der Waals surface area contributed by atoms with E-state index in [4.69, 9.17) is 4.52 Å². The second kappa shape index (κ2) is 11.0. The molecule has 2 heterocycles. The normalized spacial score (nSPS) is 11.8. The summed E-state index contributed by atoms with van der Waals surface area (Å²) < 4.78 is 48.3. The van der Waals surface area contributed by atoms with E-state index in [1.165, 1.54) is 18.3 Å². The molecule has 0 saturated carbocycles. The first-order valence-electron chi connectivity index (χ1n) is 11.4. The van der Waals surface area contributed by atoms with Gasteiger partial charge in [-0.2, -0.15) is 17.5 Å². The minimum atomic E-state index is -4.41. The minimum Gasteiger partial charge on any atom is -0.359 e. The first-order chi connectivity index (χ1) is 17.9. The van der Waals surface area contributed by atoms with E-state index in [2.05, 4.69) is 20.2 Å². The summed E-state index contributed by atoms with van der Waals surface area (Å²) in [7, 11) is 0. The van der Waals surface area contributed by atoms with Crippen molar-refractivity contribution in [2.45, 2.75) is 47.9 Å². The van der Waals surface area contributed by atoms with Gasteiger partial charge < -0.3 is 15.2 Å². The molecule has 0 aliphatic heterocycles. The molecule has 2 aromatic heterocycles. The third-order valence-corrected chi connectivity index (χ3v) is 7.25. The number of rotatable bonds is 7. The highest BCUT2D eigenvalue weighted by Crippen LogP contribution is 2.36. The van der Waals surface area contributed by atoms with Crippen molar-refractivity contribution in [2.75, 3.05) is 10.6 Å². The number of benzene rings is 2. The van der Waals surface area contributed by atoms with Gasteiger partial charge in [-0.25, -0.2) is 0 Å². The number of carbonyl (C=O) groups is 2. The molecule has 2 N–H and O–H groups in total. The van der Waals surface area contributed by atoms with Crippen LogP contribution >= 0.6 is 23.3 Å². The largest absolute Gasteiger partial charge is 0.416 e. The highest BCUT2D eigenvalue weighted by atomic mass is 32.2. The van der Waals surface area contributed by atoms with Gasteiger partial charge in [0.15, 0.2) is 5.82 Å². The second-order valence-electron chi connectivity index (χ2n) is 9.35. The first-order valence-corrected chi connectivity index (χ1v) is 12.9. The van der Waals surface area contributed by atoms with Gasteiger partial charge in [-0.05, 0) is 53.5 Å². The summed E-state index contributed by atoms with van der Waals surface area (Å²) in [6.45, 7) is 5.94. The lowest BCUT2D eigenvalue weighted by molar-refractivity contribution is -0.137. The van der Waals surface area contributed by atoms with E-state index in [1.54, 1.807) is 30.3 Å². The molecule has 0 unspecified atom stereocenters. The smallest absolute Gasteiger partial charge is 0.359 e. The molecule has 198 valence electrons. The van der Waals surface area contributed by atoms with Gasteiger partial charge in [0.2, 0.25) is 5.91 Å². The summed E-state index contributed by atoms with van der Waals surface area (Å²) in [6, 6.07) is 13.2. The Morgan fingerprint density at radius 2 is 1.68 bits per heavy atom. The zero-order chi connectivity index (χ0) is 27.5. The van der Waals surface area contributed by atoms with Crippen molar-refractivity contribution in [3.05, 3.63) is 83.2 Å². The average Bonchev–Trinajstić information content (AvgIpc) is 3.50. The molecule has 0 radical (unpaired) electrons. The van der Waals surface area contributed by atoms with Crippen LogP contribution in [0.4, 0.5) is 24.7 Å². The van der Waals surface area contributed by atoms with Gasteiger partial charge in [-0.1, -0.05) is 49.8 Å². The van der Waals surface area contributed by atoms with E-state index in [9.17, 15) is 22.8 Å². The van der Waals surface area contributed by atoms with Crippen LogP contribution < -0.4 is 10.6 Å². The Morgan fingerprint density at radius 3 is 2.29 bits per heavy atom. The predicted octanol–water partition coefficient (Wildman–Crippen LogP) is 7.03. The number of hydrogen-bond acceptors (Lipinski definition) is 7. The summed E-state index contributed by atoms with van der Waals surface area (Å²) in [5.74, 6) is 0.344. The SMILES string of the molecule is CC(C)(C)c1cc(NC(=O)Cc2ccc(NC(=O)c3cnsc3Sc3ccc(C(F)(F)F)cc3)cc2)no1. The molecule has 0 saturated heterocycles. The van der Waals surface area contributed by atoms with Crippen LogP contribution in [-0.4, -0.2) is 21.3 Å². The van der Waals surface area contributed by atoms with Gasteiger partial charge in [-0.15, -0.1) is 0 Å². The Morgan fingerprint density at radius 1 is 1.00 bits per heavy atom. The Bertz CT molecular complexity index is 1420. The molecule has 4 rings (SSSR count). The Kier molecular flexibility index (Phi) is 7.93. The van der Waals surface area contributed by atoms with Gasteiger partial charge in [0.05, 0.1) is 28.0 Å². The fourth-order valence-corrected chi connectivity index (χ4v) is 5.04. The van der Waals surface area contributed by atoms with E-state index >= 15 is 0 Å². The molecule has 0 atom stereocenters. The molecule has 0 fully saturated rings. The van der Waals surface area contributed by atoms with Crippen molar-refractivity contribution >= 4 is 46.6 Å². The summed E-state index contributed by atoms with van der Waals surface area (Å²) in [6.07, 6.45) is -2.89. The molecule has 0 bridgehead atoms. The number of aromatic nitrogens is 2. The third kappa shape index (κ3) is 7.01. The average molecular weight is 561 g/mol. The van der Waals surface area contributed by atoms with Crippen molar-refractivity contribution in [1.82, 2.24) is 9.53 Å². The van der Waals surface area contributed by atoms with Crippen molar-refractivity contribution < 1.29 is 27.3 Å². The number of carbonyl (C=O) groups excluding carboxylic acids is 2. The molecule has 2 aromatic carbocycles. The number of amides is 2. The molecule has 2 amide bonds. The van der Waals surface area contributed by atoms with Gasteiger partial charge in [0.25, 0.3) is 5.91 Å². The fourth-order valence-electron chi connectivity index (χ4n) is 3.24. The van der Waals surface area contributed by atoms with Crippen molar-refractivity contribution in [3.63, 3.8) is 0 Å². The zero-order valence-corrected chi connectivity index (χ0v) is 22.2. The summed E-state index contributed by atoms with van der Waals surface area (Å²) in [5, 5.41) is 9.36. The van der Waals surface area contributed by atoms with Gasteiger partial charge in [0, 0.05) is 22.1 Å². The maximum absolute atomic E-state index is 12.8. The van der Waals surface area contributed by atoms with Crippen LogP contribution in [-0.2, 0) is 22.8 Å². The molecule has 0 aliphatic carbocycles. The highest BCUT2D eigenvalue weighted by molar-refractivity contribution is 8.01. The van der Waals surface area contributed by atoms with E-state index in [1.807, 2.05) is 20.8 Å². The molecule has 7 nitrogen and oxygen atoms in total. The maximum Gasteiger partial charge on any atom is 0.416 e. The second-order valence-corrected chi connectivity index (χ2v) is 11.5. The van der Waals surface area contributed by atoms with E-state index < -0.39 is 17.6 Å². The van der Waals surface area contributed by atoms with Gasteiger partial charge in [-0.3, -0.25) is 9.59 Å². The van der Waals surface area contributed by atoms with Crippen LogP contribution in [0, 0.1) is 0 Å². The first kappa shape index (κ1) is 27.4. The number of nitrogens with zero attached hydrogens (tertiary/aromatic N) is 2. The molecule has 0 spiro atoms. The lowest BCUT2D eigenvalue weighted by Gasteiger charge is -2.12. The maximum atomic E-state index is 12.8. The molecular formula is C26H23F3N4O3S2. The van der Waals surface area contributed by atoms with Crippen LogP contribution in [0.5, 0.6) is 0 Å². The molecule has 38 heavy (non-hydrogen) atoms. The molecule has 4 aromatic rings. The van der Waals surface area contributed by atoms with Crippen LogP contribution in [0.15, 0.2) is 74.4 Å². The summed E-state index contributed by atoms with van der Waals surface area (Å²) in [4.78, 5) is 25.8. The molecule has 12 heteroatoms. The van der Waals surface area contributed by atoms with E-state index in [0.717, 1.165) is 41.0 Å². The predicted molar refractivity (Wildman–Crippen MR) is 140 cm³/mol. The Labute approximate surface area is 225 Å². The zero-order valence-electron chi connectivity index (χ0n) is 20.6. The Hall–Kier alpha value is -3.64. The standard InChI is InChI=1S/C26H23F3N4O3S2/c1-25(2,3)20-13-21(33-36-20)32-22(34)12-15-4-8-17(9-5-15)31-23(35)19-14-30-38-24(19)37-18-10-6-16(7-11-18)26(27,28)29/h4-11,13-14H,12H2,1-3H3,(H,31,35)(H,32,33,34). The quantitative estimate of drug-likeness (QED) is 0.252. The lowest BCUT2D eigenvalue weighted by atomic mass is 9.93. The third-order valence-electron chi connectivity index (χ3n) is 5.27. The van der Waals surface area contributed by atoms with Gasteiger partial charge in [0.1, 0.15) is 5.76 Å². The summed E-state index contributed by atoms with van der Waals surface area (Å²) >= 11 is 2.24. The minimum absolute atomic E-state index is 0.105. The van der Waals surface area contributed by atoms with Gasteiger partial charge >= 0.3 is 6.18 Å². The lowest BCUT2D eigenvalue weighted by Crippen LogP contribution is -2.15. The van der Waals surface area contributed by atoms with Crippen molar-refractivity contribution in [1.29, 1.82) is 0 Å². The topological polar surface area (TPSA) is 97.1 Å². The number of anilines is 2. The number of alkyl halides is 3. The van der Waals surface area contributed by atoms with Crippen LogP contribution in [0.25, 0.3) is 0 Å². The van der Waals surface area contributed by atoms with Crippen LogP contribution in [0.2, 0.25) is 0 Å². The fraction of sp³-hybridized carbons (Fsp3) is 0.231. The van der Waals surface area contributed by atoms with E-state index in [-0.39, 0.29) is 17.7 Å². The highest BCUT2D eigenvalue weighted by Gasteiger charge is 2.30. The van der Waals surface area contributed by atoms with Crippen LogP contribution in [0.1, 0.15) is 48.0 Å². The van der Waals surface area contributed by atoms with Crippen molar-refractivity contribution in [3.8, 4) is 0 Å².